The number of nitrogens with zero attached hydrogens (tertiary/aromatic N) is 6. The fraction of sp³-hybridized carbons (Fsp3) is 0.148. The van der Waals surface area contributed by atoms with E-state index >= 15 is 0 Å². The average Bonchev–Trinajstić information content (AvgIpc) is 3.48. The summed E-state index contributed by atoms with van der Waals surface area (Å²) in [4.78, 5) is 17.4. The van der Waals surface area contributed by atoms with Gasteiger partial charge in [-0.15, -0.1) is 10.2 Å². The maximum Gasteiger partial charge on any atom is 0.192 e. The van der Waals surface area contributed by atoms with Crippen molar-refractivity contribution in [2.75, 3.05) is 5.75 Å². The molecule has 0 aliphatic rings. The maximum absolute atomic E-state index is 13.3. The zero-order valence-corrected chi connectivity index (χ0v) is 19.7. The molecule has 2 aromatic carbocycles. The predicted molar refractivity (Wildman–Crippen MR) is 136 cm³/mol. The van der Waals surface area contributed by atoms with Crippen LogP contribution in [0.2, 0.25) is 0 Å². The fourth-order valence-electron chi connectivity index (χ4n) is 4.05. The van der Waals surface area contributed by atoms with Crippen molar-refractivity contribution in [1.29, 1.82) is 5.26 Å². The highest BCUT2D eigenvalue weighted by Gasteiger charge is 2.19. The zero-order valence-electron chi connectivity index (χ0n) is 18.9. The lowest BCUT2D eigenvalue weighted by atomic mass is 10.1. The number of nitriles is 1. The molecule has 0 bridgehead atoms. The normalized spacial score (nSPS) is 10.9. The van der Waals surface area contributed by atoms with Crippen LogP contribution in [-0.2, 0) is 13.1 Å². The molecule has 0 amide bonds. The Balaban J connectivity index is 1.42. The van der Waals surface area contributed by atoms with Crippen LogP contribution in [0, 0.1) is 11.3 Å². The number of hydrogen-bond donors (Lipinski definition) is 0. The minimum atomic E-state index is 0.0154. The highest BCUT2D eigenvalue weighted by Crippen LogP contribution is 2.28. The quantitative estimate of drug-likeness (QED) is 0.213. The minimum absolute atomic E-state index is 0.0154. The number of ketones is 1. The number of thioether (sulfide) groups is 1. The lowest BCUT2D eigenvalue weighted by Gasteiger charge is -2.10. The summed E-state index contributed by atoms with van der Waals surface area (Å²) in [7, 11) is 0. The molecule has 3 aromatic heterocycles. The number of aryl methyl sites for hydroxylation is 1. The van der Waals surface area contributed by atoms with E-state index < -0.39 is 0 Å². The van der Waals surface area contributed by atoms with Crippen LogP contribution in [0.1, 0.15) is 22.3 Å². The lowest BCUT2D eigenvalue weighted by molar-refractivity contribution is 0.102. The van der Waals surface area contributed by atoms with Crippen molar-refractivity contribution < 1.29 is 4.79 Å². The van der Waals surface area contributed by atoms with E-state index in [0.717, 1.165) is 27.9 Å². The number of Topliss-reactive ketones (excluding diaryl/α,β-unsaturated/α-hetero) is 1. The van der Waals surface area contributed by atoms with Gasteiger partial charge in [-0.25, -0.2) is 0 Å². The molecule has 0 fully saturated rings. The molecule has 172 valence electrons. The summed E-state index contributed by atoms with van der Waals surface area (Å²) in [5.41, 5.74) is 3.66. The summed E-state index contributed by atoms with van der Waals surface area (Å²) in [5.74, 6) is 0.983. The van der Waals surface area contributed by atoms with Crippen LogP contribution in [0.3, 0.4) is 0 Å². The summed E-state index contributed by atoms with van der Waals surface area (Å²) in [6.45, 7) is 1.15. The Bertz CT molecular complexity index is 1500. The van der Waals surface area contributed by atoms with Crippen LogP contribution in [0.5, 0.6) is 0 Å². The molecule has 0 atom stereocenters. The Kier molecular flexibility index (Phi) is 6.68. The van der Waals surface area contributed by atoms with Crippen molar-refractivity contribution in [3.63, 3.8) is 0 Å². The Morgan fingerprint density at radius 2 is 1.74 bits per heavy atom. The molecule has 0 aliphatic heterocycles. The van der Waals surface area contributed by atoms with E-state index in [2.05, 4.69) is 33.4 Å². The number of fused-ring (bicyclic) bond motifs is 1. The summed E-state index contributed by atoms with van der Waals surface area (Å²) in [5, 5.41) is 19.4. The van der Waals surface area contributed by atoms with E-state index in [1.807, 2.05) is 69.9 Å². The molecule has 0 N–H and O–H groups in total. The highest BCUT2D eigenvalue weighted by molar-refractivity contribution is 7.99. The van der Waals surface area contributed by atoms with Gasteiger partial charge in [0.2, 0.25) is 0 Å². The monoisotopic (exact) mass is 478 g/mol. The SMILES string of the molecule is N#CCCn1cc(C(=O)CSc2nnc(-c3ccncc3)n2Cc2ccccc2)c2ccccc21. The second-order valence-electron chi connectivity index (χ2n) is 7.99. The average molecular weight is 479 g/mol. The molecule has 35 heavy (non-hydrogen) atoms. The van der Waals surface area contributed by atoms with Crippen molar-refractivity contribution >= 4 is 28.4 Å². The number of carbonyl (C=O) groups excluding carboxylic acids is 1. The van der Waals surface area contributed by atoms with Crippen molar-refractivity contribution in [3.05, 3.63) is 96.4 Å². The number of aromatic nitrogens is 5. The zero-order chi connectivity index (χ0) is 24.0. The first kappa shape index (κ1) is 22.6. The van der Waals surface area contributed by atoms with Gasteiger partial charge in [-0.2, -0.15) is 5.26 Å². The minimum Gasteiger partial charge on any atom is -0.346 e. The molecule has 0 aliphatic carbocycles. The van der Waals surface area contributed by atoms with E-state index in [1.165, 1.54) is 11.8 Å². The first-order valence-corrected chi connectivity index (χ1v) is 12.2. The Hall–Kier alpha value is -4.22. The standard InChI is InChI=1S/C27H22N6OS/c28-13-6-16-32-18-23(22-9-4-5-10-24(22)32)25(34)19-35-27-31-30-26(21-11-14-29-15-12-21)33(27)17-20-7-2-1-3-8-20/h1-5,7-12,14-15,18H,6,16-17,19H2. The summed E-state index contributed by atoms with van der Waals surface area (Å²) in [6.07, 6.45) is 5.72. The second kappa shape index (κ2) is 10.4. The van der Waals surface area contributed by atoms with Crippen molar-refractivity contribution in [2.24, 2.45) is 0 Å². The number of pyridine rings is 1. The number of hydrogen-bond acceptors (Lipinski definition) is 6. The van der Waals surface area contributed by atoms with Crippen LogP contribution < -0.4 is 0 Å². The van der Waals surface area contributed by atoms with Gasteiger partial charge in [0.05, 0.1) is 24.8 Å². The first-order chi connectivity index (χ1) is 17.2. The lowest BCUT2D eigenvalue weighted by Crippen LogP contribution is -2.07. The topological polar surface area (TPSA) is 89.4 Å². The molecule has 0 saturated heterocycles. The van der Waals surface area contributed by atoms with Crippen LogP contribution in [0.25, 0.3) is 22.3 Å². The van der Waals surface area contributed by atoms with Gasteiger partial charge in [-0.05, 0) is 23.8 Å². The van der Waals surface area contributed by atoms with Gasteiger partial charge in [-0.3, -0.25) is 14.3 Å². The molecule has 5 aromatic rings. The van der Waals surface area contributed by atoms with Gasteiger partial charge in [0, 0.05) is 47.2 Å². The van der Waals surface area contributed by atoms with E-state index in [0.29, 0.717) is 30.2 Å². The van der Waals surface area contributed by atoms with Crippen LogP contribution >= 0.6 is 11.8 Å². The smallest absolute Gasteiger partial charge is 0.192 e. The Morgan fingerprint density at radius 1 is 0.971 bits per heavy atom. The summed E-state index contributed by atoms with van der Waals surface area (Å²) in [6, 6.07) is 23.9. The third-order valence-electron chi connectivity index (χ3n) is 5.72. The maximum atomic E-state index is 13.3. The van der Waals surface area contributed by atoms with Crippen molar-refractivity contribution in [2.45, 2.75) is 24.7 Å². The second-order valence-corrected chi connectivity index (χ2v) is 8.93. The molecule has 0 spiro atoms. The molecule has 0 radical (unpaired) electrons. The van der Waals surface area contributed by atoms with E-state index in [4.69, 9.17) is 5.26 Å². The van der Waals surface area contributed by atoms with Gasteiger partial charge in [0.1, 0.15) is 0 Å². The van der Waals surface area contributed by atoms with Gasteiger partial charge in [-0.1, -0.05) is 60.3 Å². The molecular weight excluding hydrogens is 456 g/mol. The van der Waals surface area contributed by atoms with Crippen LogP contribution in [-0.4, -0.2) is 35.9 Å². The summed E-state index contributed by atoms with van der Waals surface area (Å²) < 4.78 is 4.02. The van der Waals surface area contributed by atoms with Gasteiger partial charge >= 0.3 is 0 Å². The van der Waals surface area contributed by atoms with Crippen molar-refractivity contribution in [1.82, 2.24) is 24.3 Å². The third-order valence-corrected chi connectivity index (χ3v) is 6.69. The van der Waals surface area contributed by atoms with Gasteiger partial charge in [0.25, 0.3) is 0 Å². The molecule has 3 heterocycles. The van der Waals surface area contributed by atoms with E-state index in [9.17, 15) is 4.79 Å². The largest absolute Gasteiger partial charge is 0.346 e. The molecule has 0 saturated carbocycles. The molecule has 8 heteroatoms. The highest BCUT2D eigenvalue weighted by atomic mass is 32.2. The van der Waals surface area contributed by atoms with Crippen LogP contribution in [0.15, 0.2) is 90.5 Å². The van der Waals surface area contributed by atoms with Gasteiger partial charge < -0.3 is 4.57 Å². The van der Waals surface area contributed by atoms with Gasteiger partial charge in [0.15, 0.2) is 16.8 Å². The third kappa shape index (κ3) is 4.86. The van der Waals surface area contributed by atoms with Crippen molar-refractivity contribution in [3.8, 4) is 17.5 Å². The van der Waals surface area contributed by atoms with Crippen LogP contribution in [0.4, 0.5) is 0 Å². The predicted octanol–water partition coefficient (Wildman–Crippen LogP) is 5.23. The molecule has 7 nitrogen and oxygen atoms in total. The molecular formula is C27H22N6OS. The number of para-hydroxylation sites is 1. The fourth-order valence-corrected chi connectivity index (χ4v) is 4.87. The Labute approximate surface area is 207 Å². The number of benzene rings is 2. The number of carbonyl (C=O) groups is 1. The molecule has 0 unspecified atom stereocenters. The first-order valence-electron chi connectivity index (χ1n) is 11.2. The molecule has 5 rings (SSSR count). The van der Waals surface area contributed by atoms with E-state index in [1.54, 1.807) is 12.4 Å². The summed E-state index contributed by atoms with van der Waals surface area (Å²) >= 11 is 1.38. The Morgan fingerprint density at radius 3 is 2.54 bits per heavy atom. The van der Waals surface area contributed by atoms with E-state index in [-0.39, 0.29) is 11.5 Å². The number of rotatable bonds is 9.